The van der Waals surface area contributed by atoms with Crippen LogP contribution in [0.25, 0.3) is 10.9 Å². The maximum atomic E-state index is 10.3. The molecule has 3 aromatic rings. The third kappa shape index (κ3) is 5.17. The number of hydrogen-bond acceptors (Lipinski definition) is 6. The molecular weight excluding hydrogens is 344 g/mol. The smallest absolute Gasteiger partial charge is 0.316 e. The minimum atomic E-state index is -0.556. The quantitative estimate of drug-likeness (QED) is 0.600. The predicted molar refractivity (Wildman–Crippen MR) is 103 cm³/mol. The van der Waals surface area contributed by atoms with E-state index in [2.05, 4.69) is 34.0 Å². The monoisotopic (exact) mass is 370 g/mol. The number of nitrogens with one attached hydrogen (secondary N) is 1. The van der Waals surface area contributed by atoms with Crippen LogP contribution in [0.1, 0.15) is 32.4 Å². The second-order valence-electron chi connectivity index (χ2n) is 7.49. The van der Waals surface area contributed by atoms with Crippen LogP contribution in [0.3, 0.4) is 0 Å². The molecule has 2 heterocycles. The average molecular weight is 370 g/mol. The molecule has 3 rings (SSSR count). The van der Waals surface area contributed by atoms with Crippen LogP contribution >= 0.6 is 0 Å². The van der Waals surface area contributed by atoms with Gasteiger partial charge in [0, 0.05) is 18.1 Å². The van der Waals surface area contributed by atoms with Crippen LogP contribution in [0.4, 0.5) is 0 Å². The standard InChI is InChI=1S/C20H26N4O3/c1-14-18-16(24-23-14)6-4-7-17(18)26-12-15(25)8-9-20(2,3)13-27-19-21-10-5-11-22-19/h4-7,10-11,15,25H,8-9,12-13H2,1-3H3,(H,23,24)/t15-/m0/s1. The van der Waals surface area contributed by atoms with E-state index in [0.717, 1.165) is 28.8 Å². The molecule has 0 spiro atoms. The first-order chi connectivity index (χ1) is 12.9. The van der Waals surface area contributed by atoms with Crippen molar-refractivity contribution in [2.45, 2.75) is 39.7 Å². The molecule has 0 aliphatic rings. The van der Waals surface area contributed by atoms with Crippen LogP contribution in [0.15, 0.2) is 36.7 Å². The Morgan fingerprint density at radius 1 is 1.15 bits per heavy atom. The summed E-state index contributed by atoms with van der Waals surface area (Å²) in [7, 11) is 0. The van der Waals surface area contributed by atoms with Crippen molar-refractivity contribution in [3.63, 3.8) is 0 Å². The second-order valence-corrected chi connectivity index (χ2v) is 7.49. The van der Waals surface area contributed by atoms with Gasteiger partial charge in [-0.3, -0.25) is 5.10 Å². The zero-order chi connectivity index (χ0) is 19.3. The molecular formula is C20H26N4O3. The Morgan fingerprint density at radius 2 is 1.93 bits per heavy atom. The Bertz CT molecular complexity index is 864. The Labute approximate surface area is 158 Å². The fourth-order valence-electron chi connectivity index (χ4n) is 2.83. The molecule has 0 bridgehead atoms. The highest BCUT2D eigenvalue weighted by Gasteiger charge is 2.21. The molecule has 144 valence electrons. The van der Waals surface area contributed by atoms with Crippen molar-refractivity contribution in [3.05, 3.63) is 42.4 Å². The molecule has 0 aliphatic carbocycles. The maximum absolute atomic E-state index is 10.3. The molecule has 0 saturated heterocycles. The average Bonchev–Trinajstić information content (AvgIpc) is 3.06. The first kappa shape index (κ1) is 19.1. The zero-order valence-electron chi connectivity index (χ0n) is 16.0. The van der Waals surface area contributed by atoms with E-state index < -0.39 is 6.10 Å². The van der Waals surface area contributed by atoms with Crippen molar-refractivity contribution in [1.29, 1.82) is 0 Å². The van der Waals surface area contributed by atoms with E-state index in [0.29, 0.717) is 19.0 Å². The summed E-state index contributed by atoms with van der Waals surface area (Å²) in [4.78, 5) is 8.11. The van der Waals surface area contributed by atoms with Gasteiger partial charge in [-0.1, -0.05) is 19.9 Å². The summed E-state index contributed by atoms with van der Waals surface area (Å²) in [5, 5.41) is 18.5. The van der Waals surface area contributed by atoms with Crippen molar-refractivity contribution < 1.29 is 14.6 Å². The van der Waals surface area contributed by atoms with E-state index in [1.807, 2.05) is 25.1 Å². The van der Waals surface area contributed by atoms with Gasteiger partial charge in [0.2, 0.25) is 0 Å². The lowest BCUT2D eigenvalue weighted by atomic mass is 9.88. The first-order valence-electron chi connectivity index (χ1n) is 9.09. The summed E-state index contributed by atoms with van der Waals surface area (Å²) < 4.78 is 11.5. The molecule has 1 aromatic carbocycles. The molecule has 0 aliphatic heterocycles. The summed E-state index contributed by atoms with van der Waals surface area (Å²) in [6, 6.07) is 7.85. The molecule has 1 atom stereocenters. The minimum Gasteiger partial charge on any atom is -0.490 e. The van der Waals surface area contributed by atoms with Crippen LogP contribution in [0.5, 0.6) is 11.8 Å². The molecule has 0 saturated carbocycles. The van der Waals surface area contributed by atoms with Gasteiger partial charge in [0.15, 0.2) is 0 Å². The largest absolute Gasteiger partial charge is 0.490 e. The minimum absolute atomic E-state index is 0.110. The van der Waals surface area contributed by atoms with Gasteiger partial charge < -0.3 is 14.6 Å². The fourth-order valence-corrected chi connectivity index (χ4v) is 2.83. The number of rotatable bonds is 9. The summed E-state index contributed by atoms with van der Waals surface area (Å²) in [5.74, 6) is 0.738. The summed E-state index contributed by atoms with van der Waals surface area (Å²) in [6.45, 7) is 6.87. The van der Waals surface area contributed by atoms with Crippen molar-refractivity contribution in [2.24, 2.45) is 5.41 Å². The molecule has 27 heavy (non-hydrogen) atoms. The summed E-state index contributed by atoms with van der Waals surface area (Å²) in [6.07, 6.45) is 4.16. The Morgan fingerprint density at radius 3 is 2.70 bits per heavy atom. The number of aromatic amines is 1. The number of aliphatic hydroxyl groups is 1. The van der Waals surface area contributed by atoms with E-state index in [4.69, 9.17) is 9.47 Å². The molecule has 2 N–H and O–H groups in total. The van der Waals surface area contributed by atoms with Gasteiger partial charge >= 0.3 is 6.01 Å². The van der Waals surface area contributed by atoms with Crippen LogP contribution in [-0.2, 0) is 0 Å². The Balaban J connectivity index is 1.47. The van der Waals surface area contributed by atoms with Gasteiger partial charge in [-0.05, 0) is 43.4 Å². The fraction of sp³-hybridized carbons (Fsp3) is 0.450. The van der Waals surface area contributed by atoms with E-state index in [9.17, 15) is 5.11 Å². The van der Waals surface area contributed by atoms with Gasteiger partial charge in [-0.2, -0.15) is 5.10 Å². The van der Waals surface area contributed by atoms with Gasteiger partial charge in [0.05, 0.1) is 23.6 Å². The molecule has 0 fully saturated rings. The number of aliphatic hydroxyl groups excluding tert-OH is 1. The normalized spacial score (nSPS) is 12.9. The molecule has 7 nitrogen and oxygen atoms in total. The molecule has 2 aromatic heterocycles. The maximum Gasteiger partial charge on any atom is 0.316 e. The highest BCUT2D eigenvalue weighted by molar-refractivity contribution is 5.87. The van der Waals surface area contributed by atoms with Crippen LogP contribution in [0.2, 0.25) is 0 Å². The number of ether oxygens (including phenoxy) is 2. The summed E-state index contributed by atoms with van der Waals surface area (Å²) >= 11 is 0. The van der Waals surface area contributed by atoms with Crippen molar-refractivity contribution >= 4 is 10.9 Å². The Kier molecular flexibility index (Phi) is 5.91. The van der Waals surface area contributed by atoms with E-state index in [1.165, 1.54) is 0 Å². The van der Waals surface area contributed by atoms with Gasteiger partial charge in [-0.25, -0.2) is 9.97 Å². The van der Waals surface area contributed by atoms with Gasteiger partial charge in [-0.15, -0.1) is 0 Å². The summed E-state index contributed by atoms with van der Waals surface area (Å²) in [5.41, 5.74) is 1.71. The lowest BCUT2D eigenvalue weighted by molar-refractivity contribution is 0.0765. The van der Waals surface area contributed by atoms with Crippen molar-refractivity contribution in [2.75, 3.05) is 13.2 Å². The zero-order valence-corrected chi connectivity index (χ0v) is 16.0. The highest BCUT2D eigenvalue weighted by atomic mass is 16.5. The van der Waals surface area contributed by atoms with Gasteiger partial charge in [0.1, 0.15) is 12.4 Å². The molecule has 0 unspecified atom stereocenters. The lowest BCUT2D eigenvalue weighted by Crippen LogP contribution is -2.26. The Hall–Kier alpha value is -2.67. The molecule has 7 heteroatoms. The first-order valence-corrected chi connectivity index (χ1v) is 9.09. The SMILES string of the molecule is Cc1[nH]nc2cccc(OC[C@@H](O)CCC(C)(C)COc3ncccn3)c12. The molecule has 0 radical (unpaired) electrons. The number of nitrogens with zero attached hydrogens (tertiary/aromatic N) is 3. The van der Waals surface area contributed by atoms with E-state index >= 15 is 0 Å². The highest BCUT2D eigenvalue weighted by Crippen LogP contribution is 2.28. The number of aryl methyl sites for hydroxylation is 1. The second kappa shape index (κ2) is 8.35. The van der Waals surface area contributed by atoms with Crippen LogP contribution in [-0.4, -0.2) is 44.6 Å². The van der Waals surface area contributed by atoms with Crippen molar-refractivity contribution in [3.8, 4) is 11.8 Å². The number of fused-ring (bicyclic) bond motifs is 1. The molecule has 0 amide bonds. The number of aromatic nitrogens is 4. The topological polar surface area (TPSA) is 93.2 Å². The van der Waals surface area contributed by atoms with Crippen LogP contribution < -0.4 is 9.47 Å². The lowest BCUT2D eigenvalue weighted by Gasteiger charge is -2.25. The predicted octanol–water partition coefficient (Wildman–Crippen LogP) is 3.29. The number of H-pyrrole nitrogens is 1. The third-order valence-corrected chi connectivity index (χ3v) is 4.44. The van der Waals surface area contributed by atoms with Crippen LogP contribution in [0, 0.1) is 12.3 Å². The number of hydrogen-bond donors (Lipinski definition) is 2. The van der Waals surface area contributed by atoms with E-state index in [-0.39, 0.29) is 12.0 Å². The third-order valence-electron chi connectivity index (χ3n) is 4.44. The number of benzene rings is 1. The van der Waals surface area contributed by atoms with Crippen molar-refractivity contribution in [1.82, 2.24) is 20.2 Å². The van der Waals surface area contributed by atoms with E-state index in [1.54, 1.807) is 18.5 Å². The van der Waals surface area contributed by atoms with Gasteiger partial charge in [0.25, 0.3) is 0 Å².